The Balaban J connectivity index is 1.41. The lowest BCUT2D eigenvalue weighted by atomic mass is 10.1. The maximum atomic E-state index is 12.6. The van der Waals surface area contributed by atoms with Crippen LogP contribution >= 0.6 is 11.6 Å². The third-order valence-electron chi connectivity index (χ3n) is 5.00. The number of rotatable bonds is 4. The summed E-state index contributed by atoms with van der Waals surface area (Å²) in [5, 5.41) is 6.37. The monoisotopic (exact) mass is 424 g/mol. The number of para-hydroxylation sites is 1. The fraction of sp³-hybridized carbons (Fsp3) is 0. The van der Waals surface area contributed by atoms with Crippen molar-refractivity contribution < 1.29 is 9.53 Å². The molecule has 1 aromatic heterocycles. The Hall–Kier alpha value is -3.89. The molecule has 4 nitrogen and oxygen atoms in total. The molecule has 0 unspecified atom stereocenters. The third kappa shape index (κ3) is 4.06. The quantitative estimate of drug-likeness (QED) is 0.335. The summed E-state index contributed by atoms with van der Waals surface area (Å²) in [4.78, 5) is 16.9. The number of nitrogens with zero attached hydrogens (tertiary/aromatic N) is 1. The summed E-state index contributed by atoms with van der Waals surface area (Å²) >= 11 is 6.07. The highest BCUT2D eigenvalue weighted by molar-refractivity contribution is 6.31. The number of benzene rings is 4. The minimum Gasteiger partial charge on any atom is -0.457 e. The average Bonchev–Trinajstić information content (AvgIpc) is 2.79. The Morgan fingerprint density at radius 3 is 2.52 bits per heavy atom. The fourth-order valence-electron chi connectivity index (χ4n) is 3.46. The molecule has 0 fully saturated rings. The van der Waals surface area contributed by atoms with Gasteiger partial charge in [0.15, 0.2) is 0 Å². The highest BCUT2D eigenvalue weighted by Gasteiger charge is 2.09. The van der Waals surface area contributed by atoms with E-state index in [4.69, 9.17) is 16.3 Å². The maximum Gasteiger partial charge on any atom is 0.255 e. The van der Waals surface area contributed by atoms with Gasteiger partial charge < -0.3 is 10.1 Å². The smallest absolute Gasteiger partial charge is 0.255 e. The van der Waals surface area contributed by atoms with Crippen molar-refractivity contribution in [1.29, 1.82) is 0 Å². The zero-order chi connectivity index (χ0) is 21.2. The van der Waals surface area contributed by atoms with Gasteiger partial charge in [0.05, 0.1) is 5.52 Å². The number of halogens is 1. The molecule has 4 aromatic carbocycles. The number of carbonyl (C=O) groups is 1. The topological polar surface area (TPSA) is 51.2 Å². The van der Waals surface area contributed by atoms with Crippen LogP contribution in [-0.4, -0.2) is 10.9 Å². The predicted octanol–water partition coefficient (Wildman–Crippen LogP) is 7.09. The minimum absolute atomic E-state index is 0.143. The SMILES string of the molecule is O=C(Nc1ccccc1)c1ccc2cc(Oc3ccnc4cc(Cl)ccc34)ccc2c1. The van der Waals surface area contributed by atoms with Crippen LogP contribution in [0.5, 0.6) is 11.5 Å². The molecule has 5 rings (SSSR count). The van der Waals surface area contributed by atoms with E-state index in [0.29, 0.717) is 22.1 Å². The van der Waals surface area contributed by atoms with E-state index in [9.17, 15) is 4.79 Å². The zero-order valence-corrected chi connectivity index (χ0v) is 17.1. The number of aromatic nitrogens is 1. The summed E-state index contributed by atoms with van der Waals surface area (Å²) in [7, 11) is 0. The first-order valence-electron chi connectivity index (χ1n) is 9.78. The van der Waals surface area contributed by atoms with Gasteiger partial charge in [-0.3, -0.25) is 9.78 Å². The second-order valence-corrected chi connectivity index (χ2v) is 7.55. The van der Waals surface area contributed by atoms with Crippen molar-refractivity contribution in [2.45, 2.75) is 0 Å². The Morgan fingerprint density at radius 2 is 1.65 bits per heavy atom. The molecule has 5 heteroatoms. The highest BCUT2D eigenvalue weighted by Crippen LogP contribution is 2.32. The molecule has 0 radical (unpaired) electrons. The molecule has 1 N–H and O–H groups in total. The van der Waals surface area contributed by atoms with Crippen molar-refractivity contribution in [1.82, 2.24) is 4.98 Å². The van der Waals surface area contributed by atoms with E-state index < -0.39 is 0 Å². The molecule has 5 aromatic rings. The van der Waals surface area contributed by atoms with Gasteiger partial charge in [-0.1, -0.05) is 41.9 Å². The van der Waals surface area contributed by atoms with E-state index in [2.05, 4.69) is 10.3 Å². The number of amides is 1. The molecule has 0 bridgehead atoms. The molecule has 1 heterocycles. The van der Waals surface area contributed by atoms with Gasteiger partial charge in [-0.15, -0.1) is 0 Å². The van der Waals surface area contributed by atoms with Crippen LogP contribution in [0.2, 0.25) is 5.02 Å². The summed E-state index contributed by atoms with van der Waals surface area (Å²) in [6.07, 6.45) is 1.70. The fourth-order valence-corrected chi connectivity index (χ4v) is 3.63. The van der Waals surface area contributed by atoms with Crippen molar-refractivity contribution in [3.8, 4) is 11.5 Å². The van der Waals surface area contributed by atoms with Crippen LogP contribution < -0.4 is 10.1 Å². The molecular weight excluding hydrogens is 408 g/mol. The summed E-state index contributed by atoms with van der Waals surface area (Å²) in [5.74, 6) is 1.27. The van der Waals surface area contributed by atoms with Crippen LogP contribution in [0.3, 0.4) is 0 Å². The van der Waals surface area contributed by atoms with E-state index in [0.717, 1.165) is 27.4 Å². The number of hydrogen-bond donors (Lipinski definition) is 1. The zero-order valence-electron chi connectivity index (χ0n) is 16.4. The molecule has 150 valence electrons. The van der Waals surface area contributed by atoms with Crippen molar-refractivity contribution >= 4 is 44.9 Å². The van der Waals surface area contributed by atoms with Gasteiger partial charge >= 0.3 is 0 Å². The van der Waals surface area contributed by atoms with Crippen LogP contribution in [0.1, 0.15) is 10.4 Å². The summed E-state index contributed by atoms with van der Waals surface area (Å²) in [6.45, 7) is 0. The predicted molar refractivity (Wildman–Crippen MR) is 125 cm³/mol. The Morgan fingerprint density at radius 1 is 0.839 bits per heavy atom. The molecule has 0 spiro atoms. The van der Waals surface area contributed by atoms with Gasteiger partial charge in [0, 0.05) is 27.9 Å². The van der Waals surface area contributed by atoms with Crippen LogP contribution in [0.15, 0.2) is 97.2 Å². The Kier molecular flexibility index (Phi) is 4.98. The summed E-state index contributed by atoms with van der Waals surface area (Å²) < 4.78 is 6.13. The molecule has 0 saturated heterocycles. The van der Waals surface area contributed by atoms with Gasteiger partial charge in [-0.05, 0) is 71.4 Å². The van der Waals surface area contributed by atoms with Crippen molar-refractivity contribution in [3.05, 3.63) is 108 Å². The number of ether oxygens (including phenoxy) is 1. The van der Waals surface area contributed by atoms with Gasteiger partial charge in [-0.2, -0.15) is 0 Å². The Bertz CT molecular complexity index is 1420. The molecule has 0 atom stereocenters. The number of fused-ring (bicyclic) bond motifs is 2. The lowest BCUT2D eigenvalue weighted by Gasteiger charge is -2.10. The molecular formula is C26H17ClN2O2. The van der Waals surface area contributed by atoms with Crippen LogP contribution in [0.4, 0.5) is 5.69 Å². The lowest BCUT2D eigenvalue weighted by molar-refractivity contribution is 0.102. The standard InChI is InChI=1S/C26H17ClN2O2/c27-20-9-11-23-24(16-20)28-13-12-25(23)31-22-10-8-17-14-19(7-6-18(17)15-22)26(30)29-21-4-2-1-3-5-21/h1-16H,(H,29,30). The lowest BCUT2D eigenvalue weighted by Crippen LogP contribution is -2.11. The van der Waals surface area contributed by atoms with Crippen molar-refractivity contribution in [3.63, 3.8) is 0 Å². The summed E-state index contributed by atoms with van der Waals surface area (Å²) in [6, 6.07) is 28.2. The van der Waals surface area contributed by atoms with Gasteiger partial charge in [0.1, 0.15) is 11.5 Å². The first kappa shape index (κ1) is 19.1. The number of hydrogen-bond acceptors (Lipinski definition) is 3. The highest BCUT2D eigenvalue weighted by atomic mass is 35.5. The van der Waals surface area contributed by atoms with E-state index in [1.165, 1.54) is 0 Å². The van der Waals surface area contributed by atoms with Crippen LogP contribution in [0, 0.1) is 0 Å². The van der Waals surface area contributed by atoms with Crippen molar-refractivity contribution in [2.24, 2.45) is 0 Å². The average molecular weight is 425 g/mol. The first-order valence-corrected chi connectivity index (χ1v) is 10.2. The van der Waals surface area contributed by atoms with E-state index in [-0.39, 0.29) is 5.91 Å². The van der Waals surface area contributed by atoms with Gasteiger partial charge in [0.25, 0.3) is 5.91 Å². The van der Waals surface area contributed by atoms with Gasteiger partial charge in [0.2, 0.25) is 0 Å². The molecule has 0 aliphatic rings. The van der Waals surface area contributed by atoms with E-state index in [1.807, 2.05) is 91.0 Å². The van der Waals surface area contributed by atoms with E-state index >= 15 is 0 Å². The maximum absolute atomic E-state index is 12.6. The third-order valence-corrected chi connectivity index (χ3v) is 5.23. The molecule has 0 aliphatic carbocycles. The minimum atomic E-state index is -0.143. The molecule has 1 amide bonds. The second kappa shape index (κ2) is 8.09. The van der Waals surface area contributed by atoms with Gasteiger partial charge in [-0.25, -0.2) is 0 Å². The van der Waals surface area contributed by atoms with Crippen molar-refractivity contribution in [2.75, 3.05) is 5.32 Å². The number of carbonyl (C=O) groups excluding carboxylic acids is 1. The second-order valence-electron chi connectivity index (χ2n) is 7.12. The molecule has 0 saturated carbocycles. The molecule has 31 heavy (non-hydrogen) atoms. The van der Waals surface area contributed by atoms with Crippen LogP contribution in [0.25, 0.3) is 21.7 Å². The van der Waals surface area contributed by atoms with Crippen LogP contribution in [-0.2, 0) is 0 Å². The first-order chi connectivity index (χ1) is 15.2. The number of nitrogens with one attached hydrogen (secondary N) is 1. The number of anilines is 1. The summed E-state index contributed by atoms with van der Waals surface area (Å²) in [5.41, 5.74) is 2.14. The van der Waals surface area contributed by atoms with E-state index in [1.54, 1.807) is 6.20 Å². The molecule has 0 aliphatic heterocycles. The Labute approximate surface area is 184 Å². The number of pyridine rings is 1. The largest absolute Gasteiger partial charge is 0.457 e. The normalized spacial score (nSPS) is 10.9.